The summed E-state index contributed by atoms with van der Waals surface area (Å²) in [5.41, 5.74) is 11.3. The molecule has 18 heavy (non-hydrogen) atoms. The molecule has 0 aliphatic heterocycles. The summed E-state index contributed by atoms with van der Waals surface area (Å²) < 4.78 is 0. The van der Waals surface area contributed by atoms with E-state index in [4.69, 9.17) is 5.73 Å². The number of H-pyrrole nitrogens is 2. The summed E-state index contributed by atoms with van der Waals surface area (Å²) in [7, 11) is 0. The van der Waals surface area contributed by atoms with E-state index in [-0.39, 0.29) is 5.69 Å². The van der Waals surface area contributed by atoms with Crippen LogP contribution in [0.5, 0.6) is 0 Å². The van der Waals surface area contributed by atoms with Crippen LogP contribution in [-0.4, -0.2) is 9.97 Å². The fraction of sp³-hybridized carbons (Fsp3) is 0.0714. The van der Waals surface area contributed by atoms with Gasteiger partial charge in [-0.25, -0.2) is 4.79 Å². The van der Waals surface area contributed by atoms with Crippen LogP contribution in [0.2, 0.25) is 0 Å². The molecular formula is C14H13N3O. The van der Waals surface area contributed by atoms with Crippen LogP contribution in [-0.2, 0) is 0 Å². The number of nitrogen functional groups attached to an aromatic ring is 1. The van der Waals surface area contributed by atoms with Gasteiger partial charge in [0.2, 0.25) is 0 Å². The van der Waals surface area contributed by atoms with Crippen molar-refractivity contribution in [1.29, 1.82) is 0 Å². The van der Waals surface area contributed by atoms with Gasteiger partial charge in [-0.05, 0) is 47.9 Å². The Balaban J connectivity index is 2.24. The van der Waals surface area contributed by atoms with Crippen LogP contribution >= 0.6 is 0 Å². The first-order valence-electron chi connectivity index (χ1n) is 5.72. The summed E-state index contributed by atoms with van der Waals surface area (Å²) in [5, 5.41) is 0. The number of benzene rings is 2. The molecule has 1 aromatic heterocycles. The summed E-state index contributed by atoms with van der Waals surface area (Å²) >= 11 is 0. The molecule has 0 saturated heterocycles. The molecule has 4 heteroatoms. The first-order valence-corrected chi connectivity index (χ1v) is 5.72. The molecule has 0 saturated carbocycles. The average molecular weight is 239 g/mol. The molecule has 4 nitrogen and oxygen atoms in total. The number of nitrogens with one attached hydrogen (secondary N) is 2. The maximum absolute atomic E-state index is 11.2. The molecule has 4 N–H and O–H groups in total. The average Bonchev–Trinajstić information content (AvgIpc) is 2.71. The molecule has 0 fully saturated rings. The van der Waals surface area contributed by atoms with Gasteiger partial charge in [-0.2, -0.15) is 0 Å². The molecule has 0 bridgehead atoms. The number of hydrogen-bond donors (Lipinski definition) is 3. The van der Waals surface area contributed by atoms with Gasteiger partial charge in [0.1, 0.15) is 0 Å². The van der Waals surface area contributed by atoms with Gasteiger partial charge in [0.25, 0.3) is 0 Å². The summed E-state index contributed by atoms with van der Waals surface area (Å²) in [6, 6.07) is 11.7. The molecule has 0 amide bonds. The van der Waals surface area contributed by atoms with E-state index in [0.29, 0.717) is 0 Å². The number of anilines is 1. The number of hydrogen-bond acceptors (Lipinski definition) is 2. The Morgan fingerprint density at radius 2 is 1.78 bits per heavy atom. The molecule has 0 spiro atoms. The second kappa shape index (κ2) is 3.77. The second-order valence-electron chi connectivity index (χ2n) is 4.41. The molecule has 1 heterocycles. The lowest BCUT2D eigenvalue weighted by Crippen LogP contribution is -1.99. The van der Waals surface area contributed by atoms with Crippen molar-refractivity contribution < 1.29 is 0 Å². The highest BCUT2D eigenvalue weighted by molar-refractivity contribution is 5.83. The molecular weight excluding hydrogens is 226 g/mol. The van der Waals surface area contributed by atoms with Crippen molar-refractivity contribution in [2.45, 2.75) is 6.92 Å². The van der Waals surface area contributed by atoms with E-state index < -0.39 is 0 Å². The van der Waals surface area contributed by atoms with E-state index in [1.54, 1.807) is 0 Å². The monoisotopic (exact) mass is 239 g/mol. The largest absolute Gasteiger partial charge is 0.399 e. The van der Waals surface area contributed by atoms with Crippen molar-refractivity contribution in [2.24, 2.45) is 0 Å². The SMILES string of the molecule is Cc1ccc(N)cc1-c1ccc2[nH]c(=O)[nH]c2c1. The van der Waals surface area contributed by atoms with E-state index in [9.17, 15) is 4.79 Å². The fourth-order valence-electron chi connectivity index (χ4n) is 2.15. The lowest BCUT2D eigenvalue weighted by molar-refractivity contribution is 1.22. The summed E-state index contributed by atoms with van der Waals surface area (Å²) in [4.78, 5) is 16.7. The number of rotatable bonds is 1. The Hall–Kier alpha value is -2.49. The van der Waals surface area contributed by atoms with Crippen LogP contribution < -0.4 is 11.4 Å². The zero-order chi connectivity index (χ0) is 12.7. The van der Waals surface area contributed by atoms with E-state index in [1.807, 2.05) is 43.3 Å². The van der Waals surface area contributed by atoms with E-state index >= 15 is 0 Å². The molecule has 0 atom stereocenters. The fourth-order valence-corrected chi connectivity index (χ4v) is 2.15. The molecule has 3 aromatic rings. The van der Waals surface area contributed by atoms with Crippen LogP contribution in [0.1, 0.15) is 5.56 Å². The van der Waals surface area contributed by atoms with E-state index in [1.165, 1.54) is 0 Å². The normalized spacial score (nSPS) is 10.9. The van der Waals surface area contributed by atoms with Crippen LogP contribution in [0.15, 0.2) is 41.2 Å². The Kier molecular flexibility index (Phi) is 2.23. The summed E-state index contributed by atoms with van der Waals surface area (Å²) in [6.45, 7) is 2.04. The van der Waals surface area contributed by atoms with Gasteiger partial charge < -0.3 is 15.7 Å². The van der Waals surface area contributed by atoms with Crippen LogP contribution in [0.4, 0.5) is 5.69 Å². The standard InChI is InChI=1S/C14H13N3O/c1-8-2-4-10(15)7-11(8)9-3-5-12-13(6-9)17-14(18)16-12/h2-7H,15H2,1H3,(H2,16,17,18). The highest BCUT2D eigenvalue weighted by Gasteiger charge is 2.05. The van der Waals surface area contributed by atoms with E-state index in [0.717, 1.165) is 33.4 Å². The van der Waals surface area contributed by atoms with Crippen molar-refractivity contribution in [2.75, 3.05) is 5.73 Å². The third-order valence-corrected chi connectivity index (χ3v) is 3.09. The highest BCUT2D eigenvalue weighted by Crippen LogP contribution is 2.27. The van der Waals surface area contributed by atoms with Crippen molar-refractivity contribution in [3.63, 3.8) is 0 Å². The molecule has 0 unspecified atom stereocenters. The van der Waals surface area contributed by atoms with Crippen molar-refractivity contribution >= 4 is 16.7 Å². The van der Waals surface area contributed by atoms with Crippen LogP contribution in [0.25, 0.3) is 22.2 Å². The molecule has 0 aliphatic carbocycles. The van der Waals surface area contributed by atoms with Crippen molar-refractivity contribution in [3.8, 4) is 11.1 Å². The Labute approximate surface area is 103 Å². The molecule has 3 rings (SSSR count). The van der Waals surface area contributed by atoms with Crippen molar-refractivity contribution in [1.82, 2.24) is 9.97 Å². The van der Waals surface area contributed by atoms with Gasteiger partial charge in [-0.1, -0.05) is 12.1 Å². The van der Waals surface area contributed by atoms with Gasteiger partial charge in [0, 0.05) is 5.69 Å². The van der Waals surface area contributed by atoms with Crippen LogP contribution in [0.3, 0.4) is 0 Å². The predicted octanol–water partition coefficient (Wildman–Crippen LogP) is 2.41. The smallest absolute Gasteiger partial charge is 0.323 e. The number of imidazole rings is 1. The third kappa shape index (κ3) is 1.68. The van der Waals surface area contributed by atoms with Gasteiger partial charge in [0.15, 0.2) is 0 Å². The number of aromatic amines is 2. The molecule has 0 aliphatic rings. The Morgan fingerprint density at radius 1 is 1.00 bits per heavy atom. The maximum Gasteiger partial charge on any atom is 0.323 e. The minimum atomic E-state index is -0.188. The Bertz CT molecular complexity index is 783. The second-order valence-corrected chi connectivity index (χ2v) is 4.41. The summed E-state index contributed by atoms with van der Waals surface area (Å²) in [5.74, 6) is 0. The predicted molar refractivity (Wildman–Crippen MR) is 73.5 cm³/mol. The molecule has 90 valence electrons. The van der Waals surface area contributed by atoms with Crippen molar-refractivity contribution in [3.05, 3.63) is 52.4 Å². The number of aryl methyl sites for hydroxylation is 1. The van der Waals surface area contributed by atoms with Gasteiger partial charge >= 0.3 is 5.69 Å². The topological polar surface area (TPSA) is 74.7 Å². The lowest BCUT2D eigenvalue weighted by atomic mass is 9.99. The number of fused-ring (bicyclic) bond motifs is 1. The summed E-state index contributed by atoms with van der Waals surface area (Å²) in [6.07, 6.45) is 0. The van der Waals surface area contributed by atoms with Gasteiger partial charge in [0.05, 0.1) is 11.0 Å². The van der Waals surface area contributed by atoms with E-state index in [2.05, 4.69) is 9.97 Å². The number of nitrogens with two attached hydrogens (primary N) is 1. The third-order valence-electron chi connectivity index (χ3n) is 3.09. The quantitative estimate of drug-likeness (QED) is 0.570. The zero-order valence-electron chi connectivity index (χ0n) is 9.95. The first kappa shape index (κ1) is 10.7. The zero-order valence-corrected chi connectivity index (χ0v) is 9.95. The van der Waals surface area contributed by atoms with Crippen LogP contribution in [0, 0.1) is 6.92 Å². The lowest BCUT2D eigenvalue weighted by Gasteiger charge is -2.07. The number of aromatic nitrogens is 2. The van der Waals surface area contributed by atoms with Gasteiger partial charge in [-0.3, -0.25) is 0 Å². The van der Waals surface area contributed by atoms with Gasteiger partial charge in [-0.15, -0.1) is 0 Å². The first-order chi connectivity index (χ1) is 8.63. The Morgan fingerprint density at radius 3 is 2.61 bits per heavy atom. The molecule has 0 radical (unpaired) electrons. The molecule has 2 aromatic carbocycles. The maximum atomic E-state index is 11.2. The minimum Gasteiger partial charge on any atom is -0.399 e. The minimum absolute atomic E-state index is 0.188. The highest BCUT2D eigenvalue weighted by atomic mass is 16.1.